The lowest BCUT2D eigenvalue weighted by molar-refractivity contribution is 0.171. The van der Waals surface area contributed by atoms with Crippen LogP contribution >= 0.6 is 0 Å². The molecule has 1 fully saturated rings. The lowest BCUT2D eigenvalue weighted by Gasteiger charge is -2.14. The van der Waals surface area contributed by atoms with Crippen LogP contribution in [0.1, 0.15) is 24.0 Å². The molecule has 0 atom stereocenters. The van der Waals surface area contributed by atoms with Gasteiger partial charge in [-0.05, 0) is 24.0 Å². The van der Waals surface area contributed by atoms with E-state index in [1.54, 1.807) is 7.11 Å². The molecule has 0 saturated heterocycles. The van der Waals surface area contributed by atoms with Crippen molar-refractivity contribution >= 4 is 6.08 Å². The Morgan fingerprint density at radius 2 is 2.00 bits per heavy atom. The quantitative estimate of drug-likeness (QED) is 0.705. The minimum absolute atomic E-state index is 0.328. The number of rotatable bonds is 4. The number of benzene rings is 1. The third-order valence-corrected chi connectivity index (χ3v) is 3.03. The Balaban J connectivity index is 2.20. The summed E-state index contributed by atoms with van der Waals surface area (Å²) in [5, 5.41) is 0. The zero-order chi connectivity index (χ0) is 10.0. The number of hydrogen-bond acceptors (Lipinski definition) is 1. The van der Waals surface area contributed by atoms with Gasteiger partial charge in [-0.3, -0.25) is 0 Å². The maximum absolute atomic E-state index is 5.26. The summed E-state index contributed by atoms with van der Waals surface area (Å²) in [4.78, 5) is 0. The normalized spacial score (nSPS) is 17.8. The van der Waals surface area contributed by atoms with Crippen LogP contribution in [0.15, 0.2) is 30.8 Å². The molecule has 0 spiro atoms. The summed E-state index contributed by atoms with van der Waals surface area (Å²) in [6, 6.07) is 8.64. The van der Waals surface area contributed by atoms with Crippen molar-refractivity contribution in [3.63, 3.8) is 0 Å². The summed E-state index contributed by atoms with van der Waals surface area (Å²) in [5.74, 6) is 0. The smallest absolute Gasteiger partial charge is 0.0559 e. The van der Waals surface area contributed by atoms with E-state index in [0.717, 1.165) is 6.61 Å². The molecule has 1 saturated carbocycles. The van der Waals surface area contributed by atoms with Crippen molar-refractivity contribution in [2.45, 2.75) is 18.3 Å². The SMILES string of the molecule is C=Cc1ccc(C2(COC)CC2)cc1. The molecule has 0 aliphatic heterocycles. The molecule has 1 aromatic rings. The molecule has 0 unspecified atom stereocenters. The maximum Gasteiger partial charge on any atom is 0.0559 e. The van der Waals surface area contributed by atoms with Crippen LogP contribution in [0.3, 0.4) is 0 Å². The third kappa shape index (κ3) is 1.60. The molecule has 1 aliphatic rings. The zero-order valence-corrected chi connectivity index (χ0v) is 8.62. The first kappa shape index (κ1) is 9.47. The van der Waals surface area contributed by atoms with Crippen molar-refractivity contribution in [3.8, 4) is 0 Å². The van der Waals surface area contributed by atoms with Gasteiger partial charge in [0.15, 0.2) is 0 Å². The molecule has 1 heteroatoms. The summed E-state index contributed by atoms with van der Waals surface area (Å²) >= 11 is 0. The lowest BCUT2D eigenvalue weighted by atomic mass is 9.96. The largest absolute Gasteiger partial charge is 0.384 e. The molecule has 0 bridgehead atoms. The second kappa shape index (κ2) is 3.58. The Morgan fingerprint density at radius 3 is 2.43 bits per heavy atom. The van der Waals surface area contributed by atoms with Gasteiger partial charge in [-0.15, -0.1) is 0 Å². The molecule has 74 valence electrons. The number of ether oxygens (including phenoxy) is 1. The second-order valence-electron chi connectivity index (χ2n) is 4.04. The maximum atomic E-state index is 5.26. The van der Waals surface area contributed by atoms with E-state index in [2.05, 4.69) is 30.8 Å². The first-order valence-corrected chi connectivity index (χ1v) is 5.03. The van der Waals surface area contributed by atoms with E-state index in [9.17, 15) is 0 Å². The molecule has 2 rings (SSSR count). The average Bonchev–Trinajstić information content (AvgIpc) is 3.00. The van der Waals surface area contributed by atoms with Gasteiger partial charge in [-0.2, -0.15) is 0 Å². The Morgan fingerprint density at radius 1 is 1.36 bits per heavy atom. The third-order valence-electron chi connectivity index (χ3n) is 3.03. The van der Waals surface area contributed by atoms with Crippen LogP contribution in [0, 0.1) is 0 Å². The fourth-order valence-electron chi connectivity index (χ4n) is 1.92. The minimum atomic E-state index is 0.328. The predicted molar refractivity (Wildman–Crippen MR) is 59.3 cm³/mol. The molecule has 0 amide bonds. The summed E-state index contributed by atoms with van der Waals surface area (Å²) in [7, 11) is 1.78. The molecule has 14 heavy (non-hydrogen) atoms. The highest BCUT2D eigenvalue weighted by molar-refractivity contribution is 5.48. The highest BCUT2D eigenvalue weighted by atomic mass is 16.5. The molecule has 1 aromatic carbocycles. The molecule has 1 aliphatic carbocycles. The van der Waals surface area contributed by atoms with Gasteiger partial charge in [0.05, 0.1) is 6.61 Å². The van der Waals surface area contributed by atoms with Crippen molar-refractivity contribution in [2.75, 3.05) is 13.7 Å². The van der Waals surface area contributed by atoms with Crippen molar-refractivity contribution in [3.05, 3.63) is 42.0 Å². The second-order valence-corrected chi connectivity index (χ2v) is 4.04. The van der Waals surface area contributed by atoms with E-state index in [1.807, 2.05) is 6.08 Å². The Hall–Kier alpha value is -1.08. The van der Waals surface area contributed by atoms with Gasteiger partial charge in [-0.1, -0.05) is 36.9 Å². The van der Waals surface area contributed by atoms with Crippen molar-refractivity contribution in [1.29, 1.82) is 0 Å². The van der Waals surface area contributed by atoms with Crippen molar-refractivity contribution in [2.24, 2.45) is 0 Å². The summed E-state index contributed by atoms with van der Waals surface area (Å²) < 4.78 is 5.26. The lowest BCUT2D eigenvalue weighted by Crippen LogP contribution is -2.13. The molecule has 0 radical (unpaired) electrons. The fraction of sp³-hybridized carbons (Fsp3) is 0.385. The topological polar surface area (TPSA) is 9.23 Å². The molecule has 0 N–H and O–H groups in total. The predicted octanol–water partition coefficient (Wildman–Crippen LogP) is 3.01. The first-order chi connectivity index (χ1) is 6.80. The highest BCUT2D eigenvalue weighted by Crippen LogP contribution is 2.48. The summed E-state index contributed by atoms with van der Waals surface area (Å²) in [6.45, 7) is 4.60. The van der Waals surface area contributed by atoms with Crippen molar-refractivity contribution in [1.82, 2.24) is 0 Å². The Bertz CT molecular complexity index is 320. The van der Waals surface area contributed by atoms with E-state index < -0.39 is 0 Å². The van der Waals surface area contributed by atoms with Crippen molar-refractivity contribution < 1.29 is 4.74 Å². The zero-order valence-electron chi connectivity index (χ0n) is 8.62. The fourth-order valence-corrected chi connectivity index (χ4v) is 1.92. The average molecular weight is 188 g/mol. The summed E-state index contributed by atoms with van der Waals surface area (Å²) in [5.41, 5.74) is 2.92. The van der Waals surface area contributed by atoms with E-state index >= 15 is 0 Å². The summed E-state index contributed by atoms with van der Waals surface area (Å²) in [6.07, 6.45) is 4.39. The number of methoxy groups -OCH3 is 1. The molecule has 1 nitrogen and oxygen atoms in total. The molecular weight excluding hydrogens is 172 g/mol. The Labute approximate surface area is 85.4 Å². The monoisotopic (exact) mass is 188 g/mol. The van der Waals surface area contributed by atoms with E-state index in [1.165, 1.54) is 24.0 Å². The van der Waals surface area contributed by atoms with Crippen LogP contribution in [-0.4, -0.2) is 13.7 Å². The molecule has 0 heterocycles. The van der Waals surface area contributed by atoms with Crippen LogP contribution in [0.5, 0.6) is 0 Å². The van der Waals surface area contributed by atoms with Crippen LogP contribution in [0.2, 0.25) is 0 Å². The Kier molecular flexibility index (Phi) is 2.42. The van der Waals surface area contributed by atoms with Crippen LogP contribution in [0.25, 0.3) is 6.08 Å². The highest BCUT2D eigenvalue weighted by Gasteiger charge is 2.44. The van der Waals surface area contributed by atoms with Gasteiger partial charge in [-0.25, -0.2) is 0 Å². The van der Waals surface area contributed by atoms with Crippen LogP contribution in [0.4, 0.5) is 0 Å². The van der Waals surface area contributed by atoms with Crippen LogP contribution < -0.4 is 0 Å². The van der Waals surface area contributed by atoms with Gasteiger partial charge in [0.2, 0.25) is 0 Å². The van der Waals surface area contributed by atoms with Crippen LogP contribution in [-0.2, 0) is 10.2 Å². The standard InChI is InChI=1S/C13H16O/c1-3-11-4-6-12(7-5-11)13(8-9-13)10-14-2/h3-7H,1,8-10H2,2H3. The van der Waals surface area contributed by atoms with E-state index in [0.29, 0.717) is 5.41 Å². The first-order valence-electron chi connectivity index (χ1n) is 5.03. The van der Waals surface area contributed by atoms with Gasteiger partial charge in [0.25, 0.3) is 0 Å². The van der Waals surface area contributed by atoms with Gasteiger partial charge in [0.1, 0.15) is 0 Å². The molecular formula is C13H16O. The molecule has 0 aromatic heterocycles. The van der Waals surface area contributed by atoms with Gasteiger partial charge < -0.3 is 4.74 Å². The number of hydrogen-bond donors (Lipinski definition) is 0. The van der Waals surface area contributed by atoms with E-state index in [4.69, 9.17) is 4.74 Å². The minimum Gasteiger partial charge on any atom is -0.384 e. The van der Waals surface area contributed by atoms with Gasteiger partial charge >= 0.3 is 0 Å². The van der Waals surface area contributed by atoms with Gasteiger partial charge in [0, 0.05) is 12.5 Å². The van der Waals surface area contributed by atoms with E-state index in [-0.39, 0.29) is 0 Å².